The van der Waals surface area contributed by atoms with Crippen LogP contribution >= 0.6 is 0 Å². The maximum atomic E-state index is 11.7. The van der Waals surface area contributed by atoms with E-state index < -0.39 is 0 Å². The molecule has 0 saturated carbocycles. The zero-order valence-electron chi connectivity index (χ0n) is 12.0. The van der Waals surface area contributed by atoms with Gasteiger partial charge in [0.25, 0.3) is 0 Å². The Kier molecular flexibility index (Phi) is 6.55. The van der Waals surface area contributed by atoms with Gasteiger partial charge in [-0.25, -0.2) is 4.79 Å². The van der Waals surface area contributed by atoms with Crippen molar-refractivity contribution in [2.45, 2.75) is 46.5 Å². The molecule has 2 amide bonds. The highest BCUT2D eigenvalue weighted by Gasteiger charge is 2.16. The standard InChI is InChI=1S/C15H26N2O/c1-13(2)7-6-8-14(3)9-10-16-15(18)17-11-4-5-12-17/h7,9H,4-6,8,10-12H2,1-3H3,(H,16,18)/b14-9+. The number of carbonyl (C=O) groups is 1. The van der Waals surface area contributed by atoms with E-state index in [1.54, 1.807) is 0 Å². The van der Waals surface area contributed by atoms with Crippen LogP contribution in [0, 0.1) is 0 Å². The second-order valence-electron chi connectivity index (χ2n) is 5.25. The third-order valence-electron chi connectivity index (χ3n) is 3.19. The number of nitrogens with one attached hydrogen (secondary N) is 1. The SMILES string of the molecule is CC(C)=CCC/C(C)=C/CNC(=O)N1CCCC1. The van der Waals surface area contributed by atoms with E-state index in [4.69, 9.17) is 0 Å². The van der Waals surface area contributed by atoms with Gasteiger partial charge in [-0.2, -0.15) is 0 Å². The van der Waals surface area contributed by atoms with Crippen LogP contribution in [0.2, 0.25) is 0 Å². The van der Waals surface area contributed by atoms with Crippen LogP contribution in [0.25, 0.3) is 0 Å². The first-order chi connectivity index (χ1) is 8.59. The first-order valence-electron chi connectivity index (χ1n) is 6.91. The summed E-state index contributed by atoms with van der Waals surface area (Å²) >= 11 is 0. The fourth-order valence-electron chi connectivity index (χ4n) is 2.04. The fraction of sp³-hybridized carbons (Fsp3) is 0.667. The largest absolute Gasteiger partial charge is 0.335 e. The van der Waals surface area contributed by atoms with Gasteiger partial charge in [-0.15, -0.1) is 0 Å². The molecule has 1 rings (SSSR count). The van der Waals surface area contributed by atoms with Gasteiger partial charge in [-0.3, -0.25) is 0 Å². The summed E-state index contributed by atoms with van der Waals surface area (Å²) in [4.78, 5) is 13.6. The Hall–Kier alpha value is -1.25. The highest BCUT2D eigenvalue weighted by atomic mass is 16.2. The average Bonchev–Trinajstić information content (AvgIpc) is 2.81. The number of nitrogens with zero attached hydrogens (tertiary/aromatic N) is 1. The smallest absolute Gasteiger partial charge is 0.317 e. The van der Waals surface area contributed by atoms with E-state index in [1.807, 2.05) is 4.90 Å². The molecule has 0 atom stereocenters. The van der Waals surface area contributed by atoms with Crippen LogP contribution in [-0.2, 0) is 0 Å². The Morgan fingerprint density at radius 3 is 2.44 bits per heavy atom. The van der Waals surface area contributed by atoms with Crippen molar-refractivity contribution >= 4 is 6.03 Å². The van der Waals surface area contributed by atoms with Crippen molar-refractivity contribution in [1.29, 1.82) is 0 Å². The number of rotatable bonds is 5. The summed E-state index contributed by atoms with van der Waals surface area (Å²) in [6.07, 6.45) is 8.82. The normalized spacial score (nSPS) is 15.7. The Morgan fingerprint density at radius 1 is 1.17 bits per heavy atom. The lowest BCUT2D eigenvalue weighted by Gasteiger charge is -2.15. The summed E-state index contributed by atoms with van der Waals surface area (Å²) in [5.74, 6) is 0. The molecule has 0 radical (unpaired) electrons. The Morgan fingerprint density at radius 2 is 1.83 bits per heavy atom. The summed E-state index contributed by atoms with van der Waals surface area (Å²) < 4.78 is 0. The molecular formula is C15H26N2O. The molecule has 0 aromatic rings. The molecule has 18 heavy (non-hydrogen) atoms. The van der Waals surface area contributed by atoms with E-state index in [2.05, 4.69) is 38.2 Å². The van der Waals surface area contributed by atoms with E-state index in [0.29, 0.717) is 6.54 Å². The summed E-state index contributed by atoms with van der Waals surface area (Å²) in [5, 5.41) is 2.95. The molecule has 0 spiro atoms. The number of allylic oxidation sites excluding steroid dienone is 3. The lowest BCUT2D eigenvalue weighted by atomic mass is 10.1. The molecule has 1 saturated heterocycles. The summed E-state index contributed by atoms with van der Waals surface area (Å²) in [6, 6.07) is 0.0841. The average molecular weight is 250 g/mol. The predicted octanol–water partition coefficient (Wildman–Crippen LogP) is 3.48. The molecule has 1 aliphatic rings. The Balaban J connectivity index is 2.18. The first-order valence-corrected chi connectivity index (χ1v) is 6.91. The number of carbonyl (C=O) groups excluding carboxylic acids is 1. The van der Waals surface area contributed by atoms with Crippen molar-refractivity contribution in [2.24, 2.45) is 0 Å². The van der Waals surface area contributed by atoms with Gasteiger partial charge in [-0.05, 0) is 46.5 Å². The zero-order valence-corrected chi connectivity index (χ0v) is 12.0. The van der Waals surface area contributed by atoms with Crippen molar-refractivity contribution in [2.75, 3.05) is 19.6 Å². The van der Waals surface area contributed by atoms with Crippen molar-refractivity contribution in [3.05, 3.63) is 23.3 Å². The molecule has 0 aromatic heterocycles. The third-order valence-corrected chi connectivity index (χ3v) is 3.19. The highest BCUT2D eigenvalue weighted by Crippen LogP contribution is 2.08. The van der Waals surface area contributed by atoms with Gasteiger partial charge in [0.2, 0.25) is 0 Å². The second kappa shape index (κ2) is 7.96. The van der Waals surface area contributed by atoms with E-state index >= 15 is 0 Å². The molecule has 0 unspecified atom stereocenters. The molecule has 0 aromatic carbocycles. The zero-order chi connectivity index (χ0) is 13.4. The molecule has 1 aliphatic heterocycles. The Bertz CT molecular complexity index is 321. The second-order valence-corrected chi connectivity index (χ2v) is 5.25. The van der Waals surface area contributed by atoms with Crippen LogP contribution in [0.5, 0.6) is 0 Å². The monoisotopic (exact) mass is 250 g/mol. The number of hydrogen-bond donors (Lipinski definition) is 1. The van der Waals surface area contributed by atoms with Crippen LogP contribution in [0.1, 0.15) is 46.5 Å². The maximum absolute atomic E-state index is 11.7. The van der Waals surface area contributed by atoms with E-state index in [-0.39, 0.29) is 6.03 Å². The van der Waals surface area contributed by atoms with Crippen molar-refractivity contribution < 1.29 is 4.79 Å². The fourth-order valence-corrected chi connectivity index (χ4v) is 2.04. The lowest BCUT2D eigenvalue weighted by molar-refractivity contribution is 0.210. The minimum absolute atomic E-state index is 0.0841. The molecule has 1 N–H and O–H groups in total. The van der Waals surface area contributed by atoms with Crippen LogP contribution in [-0.4, -0.2) is 30.6 Å². The molecule has 102 valence electrons. The number of hydrogen-bond acceptors (Lipinski definition) is 1. The summed E-state index contributed by atoms with van der Waals surface area (Å²) in [6.45, 7) is 8.84. The van der Waals surface area contributed by atoms with Gasteiger partial charge < -0.3 is 10.2 Å². The van der Waals surface area contributed by atoms with Crippen molar-refractivity contribution in [3.63, 3.8) is 0 Å². The first kappa shape index (κ1) is 14.8. The maximum Gasteiger partial charge on any atom is 0.317 e. The molecule has 1 fully saturated rings. The van der Waals surface area contributed by atoms with Gasteiger partial charge in [0, 0.05) is 19.6 Å². The summed E-state index contributed by atoms with van der Waals surface area (Å²) in [7, 11) is 0. The molecule has 0 bridgehead atoms. The van der Waals surface area contributed by atoms with Crippen molar-refractivity contribution in [1.82, 2.24) is 10.2 Å². The predicted molar refractivity (Wildman–Crippen MR) is 76.6 cm³/mol. The van der Waals surface area contributed by atoms with E-state index in [9.17, 15) is 4.79 Å². The molecule has 3 heteroatoms. The van der Waals surface area contributed by atoms with Gasteiger partial charge >= 0.3 is 6.03 Å². The molecular weight excluding hydrogens is 224 g/mol. The van der Waals surface area contributed by atoms with Gasteiger partial charge in [0.05, 0.1) is 0 Å². The quantitative estimate of drug-likeness (QED) is 0.744. The number of urea groups is 1. The van der Waals surface area contributed by atoms with Gasteiger partial charge in [0.1, 0.15) is 0 Å². The van der Waals surface area contributed by atoms with E-state index in [0.717, 1.165) is 38.8 Å². The molecule has 3 nitrogen and oxygen atoms in total. The van der Waals surface area contributed by atoms with Crippen molar-refractivity contribution in [3.8, 4) is 0 Å². The van der Waals surface area contributed by atoms with Crippen LogP contribution in [0.3, 0.4) is 0 Å². The van der Waals surface area contributed by atoms with Gasteiger partial charge in [-0.1, -0.05) is 23.3 Å². The van der Waals surface area contributed by atoms with Gasteiger partial charge in [0.15, 0.2) is 0 Å². The van der Waals surface area contributed by atoms with E-state index in [1.165, 1.54) is 11.1 Å². The summed E-state index contributed by atoms with van der Waals surface area (Å²) in [5.41, 5.74) is 2.71. The van der Waals surface area contributed by atoms with Crippen LogP contribution < -0.4 is 5.32 Å². The lowest BCUT2D eigenvalue weighted by Crippen LogP contribution is -2.37. The topological polar surface area (TPSA) is 32.3 Å². The third kappa shape index (κ3) is 5.89. The highest BCUT2D eigenvalue weighted by molar-refractivity contribution is 5.74. The molecule has 1 heterocycles. The number of amides is 2. The minimum Gasteiger partial charge on any atom is -0.335 e. The van der Waals surface area contributed by atoms with Crippen LogP contribution in [0.4, 0.5) is 4.79 Å². The number of likely N-dealkylation sites (tertiary alicyclic amines) is 1. The van der Waals surface area contributed by atoms with Crippen LogP contribution in [0.15, 0.2) is 23.3 Å². The minimum atomic E-state index is 0.0841. The Labute approximate surface area is 111 Å². The molecule has 0 aliphatic carbocycles.